The Morgan fingerprint density at radius 1 is 1.19 bits per heavy atom. The van der Waals surface area contributed by atoms with Crippen LogP contribution in [0.2, 0.25) is 0 Å². The molecule has 1 fully saturated rings. The number of rotatable bonds is 4. The molecule has 1 aromatic heterocycles. The predicted molar refractivity (Wildman–Crippen MR) is 74.4 cm³/mol. The van der Waals surface area contributed by atoms with Crippen LogP contribution in [0.3, 0.4) is 0 Å². The Morgan fingerprint density at radius 2 is 1.95 bits per heavy atom. The number of nitrogens with zero attached hydrogens (tertiary/aromatic N) is 2. The van der Waals surface area contributed by atoms with Gasteiger partial charge in [-0.05, 0) is 12.1 Å². The molecule has 0 saturated carbocycles. The molecule has 1 aliphatic rings. The molecule has 0 aliphatic carbocycles. The number of morpholine rings is 1. The first-order valence-electron chi connectivity index (χ1n) is 6.69. The van der Waals surface area contributed by atoms with E-state index in [1.165, 1.54) is 0 Å². The van der Waals surface area contributed by atoms with Crippen LogP contribution in [0, 0.1) is 0 Å². The Labute approximate surface area is 122 Å². The Hall–Kier alpha value is -2.12. The second-order valence-corrected chi connectivity index (χ2v) is 4.62. The van der Waals surface area contributed by atoms with Gasteiger partial charge in [0.2, 0.25) is 5.82 Å². The van der Waals surface area contributed by atoms with Gasteiger partial charge in [-0.25, -0.2) is 0 Å². The van der Waals surface area contributed by atoms with Crippen molar-refractivity contribution in [3.63, 3.8) is 0 Å². The van der Waals surface area contributed by atoms with E-state index in [9.17, 15) is 0 Å². The van der Waals surface area contributed by atoms with Crippen LogP contribution in [0.5, 0.6) is 11.5 Å². The molecule has 1 aromatic carbocycles. The first-order valence-corrected chi connectivity index (χ1v) is 6.69. The lowest BCUT2D eigenvalue weighted by Crippen LogP contribution is -2.33. The summed E-state index contributed by atoms with van der Waals surface area (Å²) < 4.78 is 21.4. The quantitative estimate of drug-likeness (QED) is 0.912. The molecule has 1 saturated heterocycles. The first kappa shape index (κ1) is 13.8. The largest absolute Gasteiger partial charge is 0.497 e. The highest BCUT2D eigenvalue weighted by Gasteiger charge is 2.22. The highest BCUT2D eigenvalue weighted by molar-refractivity contribution is 5.60. The summed E-state index contributed by atoms with van der Waals surface area (Å²) in [6.45, 7) is 2.14. The van der Waals surface area contributed by atoms with Gasteiger partial charge in [-0.3, -0.25) is 0 Å². The lowest BCUT2D eigenvalue weighted by atomic mass is 10.2. The van der Waals surface area contributed by atoms with Crippen LogP contribution in [0.25, 0.3) is 11.4 Å². The minimum absolute atomic E-state index is 0.201. The van der Waals surface area contributed by atoms with Gasteiger partial charge in [-0.1, -0.05) is 5.16 Å². The van der Waals surface area contributed by atoms with Crippen LogP contribution < -0.4 is 14.8 Å². The molecule has 1 aliphatic heterocycles. The van der Waals surface area contributed by atoms with Gasteiger partial charge < -0.3 is 24.1 Å². The zero-order valence-electron chi connectivity index (χ0n) is 12.0. The summed E-state index contributed by atoms with van der Waals surface area (Å²) in [6.07, 6.45) is -0.201. The standard InChI is InChI=1S/C14H17N3O4/c1-18-10-5-9(6-11(7-10)19-2)13-16-14(21-17-13)12-8-15-3-4-20-12/h5-7,12,15H,3-4,8H2,1-2H3. The lowest BCUT2D eigenvalue weighted by Gasteiger charge is -2.19. The third-order valence-electron chi connectivity index (χ3n) is 3.25. The molecule has 1 atom stereocenters. The number of aromatic nitrogens is 2. The van der Waals surface area contributed by atoms with Crippen LogP contribution in [0.15, 0.2) is 22.7 Å². The third-order valence-corrected chi connectivity index (χ3v) is 3.25. The molecule has 1 unspecified atom stereocenters. The summed E-state index contributed by atoms with van der Waals surface area (Å²) in [5.74, 6) is 2.30. The van der Waals surface area contributed by atoms with E-state index in [0.717, 1.165) is 12.1 Å². The number of benzene rings is 1. The SMILES string of the molecule is COc1cc(OC)cc(-c2noc(C3CNCCO3)n2)c1. The van der Waals surface area contributed by atoms with E-state index in [2.05, 4.69) is 15.5 Å². The molecule has 3 rings (SSSR count). The van der Waals surface area contributed by atoms with Crippen LogP contribution in [0.4, 0.5) is 0 Å². The van der Waals surface area contributed by atoms with E-state index < -0.39 is 0 Å². The van der Waals surface area contributed by atoms with Gasteiger partial charge in [-0.15, -0.1) is 0 Å². The summed E-state index contributed by atoms with van der Waals surface area (Å²) in [5.41, 5.74) is 0.768. The van der Waals surface area contributed by atoms with Crippen molar-refractivity contribution in [2.45, 2.75) is 6.10 Å². The number of hydrogen-bond donors (Lipinski definition) is 1. The van der Waals surface area contributed by atoms with Crippen molar-refractivity contribution in [1.82, 2.24) is 15.5 Å². The molecule has 21 heavy (non-hydrogen) atoms. The van der Waals surface area contributed by atoms with Crippen molar-refractivity contribution in [3.05, 3.63) is 24.1 Å². The fourth-order valence-corrected chi connectivity index (χ4v) is 2.14. The van der Waals surface area contributed by atoms with E-state index in [-0.39, 0.29) is 6.10 Å². The van der Waals surface area contributed by atoms with Gasteiger partial charge in [0.1, 0.15) is 17.6 Å². The molecule has 112 valence electrons. The Balaban J connectivity index is 1.88. The number of hydrogen-bond acceptors (Lipinski definition) is 7. The van der Waals surface area contributed by atoms with E-state index in [1.807, 2.05) is 12.1 Å². The van der Waals surface area contributed by atoms with Gasteiger partial charge in [0.25, 0.3) is 5.89 Å². The van der Waals surface area contributed by atoms with Crippen molar-refractivity contribution in [3.8, 4) is 22.9 Å². The topological polar surface area (TPSA) is 78.6 Å². The second-order valence-electron chi connectivity index (χ2n) is 4.62. The monoisotopic (exact) mass is 291 g/mol. The number of methoxy groups -OCH3 is 2. The van der Waals surface area contributed by atoms with Crippen molar-refractivity contribution < 1.29 is 18.7 Å². The molecular formula is C14H17N3O4. The fraction of sp³-hybridized carbons (Fsp3) is 0.429. The normalized spacial score (nSPS) is 18.5. The highest BCUT2D eigenvalue weighted by Crippen LogP contribution is 2.29. The van der Waals surface area contributed by atoms with Gasteiger partial charge in [0.05, 0.1) is 20.8 Å². The Bertz CT molecular complexity index is 586. The fourth-order valence-electron chi connectivity index (χ4n) is 2.14. The number of ether oxygens (including phenoxy) is 3. The smallest absolute Gasteiger partial charge is 0.257 e. The number of nitrogens with one attached hydrogen (secondary N) is 1. The maximum Gasteiger partial charge on any atom is 0.257 e. The Morgan fingerprint density at radius 3 is 2.57 bits per heavy atom. The van der Waals surface area contributed by atoms with Crippen LogP contribution in [-0.2, 0) is 4.74 Å². The van der Waals surface area contributed by atoms with E-state index in [1.54, 1.807) is 20.3 Å². The average Bonchev–Trinajstić information content (AvgIpc) is 3.05. The van der Waals surface area contributed by atoms with Gasteiger partial charge in [0, 0.05) is 24.7 Å². The molecule has 1 N–H and O–H groups in total. The maximum atomic E-state index is 5.59. The minimum Gasteiger partial charge on any atom is -0.497 e. The minimum atomic E-state index is -0.201. The molecule has 2 aromatic rings. The molecule has 0 bridgehead atoms. The Kier molecular flexibility index (Phi) is 4.03. The van der Waals surface area contributed by atoms with Crippen molar-refractivity contribution in [2.24, 2.45) is 0 Å². The van der Waals surface area contributed by atoms with Gasteiger partial charge in [-0.2, -0.15) is 4.98 Å². The second kappa shape index (κ2) is 6.11. The summed E-state index contributed by atoms with van der Waals surface area (Å²) in [6, 6.07) is 5.45. The van der Waals surface area contributed by atoms with Gasteiger partial charge in [0.15, 0.2) is 0 Å². The highest BCUT2D eigenvalue weighted by atomic mass is 16.5. The molecular weight excluding hydrogens is 274 g/mol. The molecule has 7 heteroatoms. The zero-order valence-corrected chi connectivity index (χ0v) is 12.0. The van der Waals surface area contributed by atoms with Crippen molar-refractivity contribution in [2.75, 3.05) is 33.9 Å². The van der Waals surface area contributed by atoms with Crippen LogP contribution in [0.1, 0.15) is 12.0 Å². The average molecular weight is 291 g/mol. The molecule has 0 spiro atoms. The predicted octanol–water partition coefficient (Wildman–Crippen LogP) is 1.41. The third kappa shape index (κ3) is 2.98. The van der Waals surface area contributed by atoms with Crippen LogP contribution in [-0.4, -0.2) is 44.1 Å². The maximum absolute atomic E-state index is 5.59. The zero-order chi connectivity index (χ0) is 14.7. The van der Waals surface area contributed by atoms with Crippen molar-refractivity contribution in [1.29, 1.82) is 0 Å². The summed E-state index contributed by atoms with van der Waals surface area (Å²) in [4.78, 5) is 4.40. The molecule has 2 heterocycles. The van der Waals surface area contributed by atoms with Gasteiger partial charge >= 0.3 is 0 Å². The van der Waals surface area contributed by atoms with E-state index in [0.29, 0.717) is 36.4 Å². The first-order chi connectivity index (χ1) is 10.3. The lowest BCUT2D eigenvalue weighted by molar-refractivity contribution is 0.00755. The molecule has 0 radical (unpaired) electrons. The van der Waals surface area contributed by atoms with Crippen LogP contribution >= 0.6 is 0 Å². The van der Waals surface area contributed by atoms with E-state index in [4.69, 9.17) is 18.7 Å². The summed E-state index contributed by atoms with van der Waals surface area (Å²) in [7, 11) is 3.20. The summed E-state index contributed by atoms with van der Waals surface area (Å²) >= 11 is 0. The summed E-state index contributed by atoms with van der Waals surface area (Å²) in [5, 5.41) is 7.23. The van der Waals surface area contributed by atoms with Crippen molar-refractivity contribution >= 4 is 0 Å². The van der Waals surface area contributed by atoms with E-state index >= 15 is 0 Å². The molecule has 7 nitrogen and oxygen atoms in total. The molecule has 0 amide bonds.